The van der Waals surface area contributed by atoms with E-state index in [1.54, 1.807) is 30.2 Å². The molecule has 170 valence electrons. The quantitative estimate of drug-likeness (QED) is 0.639. The van der Waals surface area contributed by atoms with Crippen LogP contribution in [0.3, 0.4) is 0 Å². The van der Waals surface area contributed by atoms with Crippen molar-refractivity contribution < 1.29 is 23.4 Å². The summed E-state index contributed by atoms with van der Waals surface area (Å²) in [4.78, 5) is 23.7. The molecule has 0 saturated carbocycles. The van der Waals surface area contributed by atoms with Crippen LogP contribution < -0.4 is 14.4 Å². The van der Waals surface area contributed by atoms with E-state index in [9.17, 15) is 9.18 Å². The summed E-state index contributed by atoms with van der Waals surface area (Å²) in [5.41, 5.74) is 0.0259. The first kappa shape index (κ1) is 23.1. The van der Waals surface area contributed by atoms with Gasteiger partial charge in [0.15, 0.2) is 5.69 Å². The number of amides is 1. The zero-order valence-electron chi connectivity index (χ0n) is 18.7. The fourth-order valence-electron chi connectivity index (χ4n) is 3.14. The van der Waals surface area contributed by atoms with Crippen LogP contribution in [0.5, 0.6) is 11.6 Å². The van der Waals surface area contributed by atoms with Crippen molar-refractivity contribution in [1.29, 1.82) is 0 Å². The van der Waals surface area contributed by atoms with Crippen LogP contribution in [0.25, 0.3) is 4.85 Å². The average Bonchev–Trinajstić information content (AvgIpc) is 2.77. The van der Waals surface area contributed by atoms with Gasteiger partial charge in [-0.1, -0.05) is 12.1 Å². The molecule has 0 spiro atoms. The molecular weight excluding hydrogens is 415 g/mol. The van der Waals surface area contributed by atoms with Gasteiger partial charge < -0.3 is 24.0 Å². The molecule has 0 aliphatic carbocycles. The Bertz CT molecular complexity index is 1010. The second-order valence-corrected chi connectivity index (χ2v) is 8.33. The average molecular weight is 442 g/mol. The number of piperazine rings is 1. The predicted molar refractivity (Wildman–Crippen MR) is 118 cm³/mol. The second kappa shape index (κ2) is 9.73. The van der Waals surface area contributed by atoms with Gasteiger partial charge in [0.25, 0.3) is 0 Å². The lowest BCUT2D eigenvalue weighted by Crippen LogP contribution is -2.50. The molecule has 0 unspecified atom stereocenters. The molecule has 32 heavy (non-hydrogen) atoms. The Hall–Kier alpha value is -3.54. The number of carbonyl (C=O) groups excluding carboxylic acids is 1. The fourth-order valence-corrected chi connectivity index (χ4v) is 3.14. The first-order valence-corrected chi connectivity index (χ1v) is 10.3. The van der Waals surface area contributed by atoms with Gasteiger partial charge in [-0.2, -0.15) is 4.98 Å². The van der Waals surface area contributed by atoms with Crippen LogP contribution >= 0.6 is 0 Å². The van der Waals surface area contributed by atoms with Crippen LogP contribution in [0.2, 0.25) is 0 Å². The van der Waals surface area contributed by atoms with Crippen molar-refractivity contribution in [2.24, 2.45) is 0 Å². The minimum absolute atomic E-state index is 0.0316. The molecule has 0 atom stereocenters. The highest BCUT2D eigenvalue weighted by atomic mass is 19.1. The van der Waals surface area contributed by atoms with Crippen molar-refractivity contribution in [2.75, 3.05) is 38.2 Å². The number of hydrogen-bond donors (Lipinski definition) is 0. The van der Waals surface area contributed by atoms with Crippen LogP contribution in [0.15, 0.2) is 30.3 Å². The van der Waals surface area contributed by atoms with Crippen LogP contribution in [0.1, 0.15) is 26.3 Å². The van der Waals surface area contributed by atoms with Gasteiger partial charge in [-0.25, -0.2) is 14.0 Å². The maximum Gasteiger partial charge on any atom is 0.410 e. The number of ether oxygens (including phenoxy) is 3. The Morgan fingerprint density at radius 2 is 1.91 bits per heavy atom. The highest BCUT2D eigenvalue weighted by Crippen LogP contribution is 2.27. The molecule has 1 aromatic carbocycles. The summed E-state index contributed by atoms with van der Waals surface area (Å²) in [5.74, 6) is 0.998. The number of rotatable bonds is 5. The number of methoxy groups -OCH3 is 1. The van der Waals surface area contributed by atoms with E-state index >= 15 is 0 Å². The predicted octanol–water partition coefficient (Wildman–Crippen LogP) is 4.42. The zero-order valence-corrected chi connectivity index (χ0v) is 18.7. The smallest absolute Gasteiger partial charge is 0.410 e. The van der Waals surface area contributed by atoms with Gasteiger partial charge in [0.05, 0.1) is 13.7 Å². The molecule has 0 N–H and O–H groups in total. The molecule has 2 heterocycles. The normalized spacial score (nSPS) is 14.0. The van der Waals surface area contributed by atoms with Gasteiger partial charge in [-0.15, -0.1) is 0 Å². The van der Waals surface area contributed by atoms with Gasteiger partial charge >= 0.3 is 6.09 Å². The third-order valence-electron chi connectivity index (χ3n) is 4.79. The van der Waals surface area contributed by atoms with Crippen molar-refractivity contribution in [3.05, 3.63) is 53.1 Å². The SMILES string of the molecule is [C-]#[N+]c1ccc(COc2cc(OC)cc(N3CCN(C(=O)OC(C)(C)C)CC3)n2)c(F)c1. The van der Waals surface area contributed by atoms with E-state index in [4.69, 9.17) is 20.8 Å². The molecule has 3 rings (SSSR count). The van der Waals surface area contributed by atoms with Crippen LogP contribution in [-0.2, 0) is 11.3 Å². The summed E-state index contributed by atoms with van der Waals surface area (Å²) in [7, 11) is 1.55. The Morgan fingerprint density at radius 1 is 1.19 bits per heavy atom. The molecule has 1 fully saturated rings. The Balaban J connectivity index is 1.67. The summed E-state index contributed by atoms with van der Waals surface area (Å²) in [5, 5.41) is 0. The summed E-state index contributed by atoms with van der Waals surface area (Å²) in [6.07, 6.45) is -0.328. The molecule has 0 bridgehead atoms. The first-order valence-electron chi connectivity index (χ1n) is 10.3. The highest BCUT2D eigenvalue weighted by molar-refractivity contribution is 5.68. The number of pyridine rings is 1. The first-order chi connectivity index (χ1) is 15.2. The monoisotopic (exact) mass is 442 g/mol. The number of aromatic nitrogens is 1. The number of benzene rings is 1. The maximum absolute atomic E-state index is 14.1. The lowest BCUT2D eigenvalue weighted by molar-refractivity contribution is 0.0240. The van der Waals surface area contributed by atoms with Gasteiger partial charge in [-0.05, 0) is 26.8 Å². The number of anilines is 1. The molecule has 2 aromatic rings. The Morgan fingerprint density at radius 3 is 2.50 bits per heavy atom. The van der Waals surface area contributed by atoms with E-state index in [1.165, 1.54) is 12.1 Å². The van der Waals surface area contributed by atoms with Crippen molar-refractivity contribution in [3.63, 3.8) is 0 Å². The molecule has 1 aromatic heterocycles. The van der Waals surface area contributed by atoms with E-state index in [-0.39, 0.29) is 18.4 Å². The molecule has 1 amide bonds. The molecular formula is C23H27FN4O4. The Kier molecular flexibility index (Phi) is 7.03. The van der Waals surface area contributed by atoms with Crippen molar-refractivity contribution in [3.8, 4) is 11.6 Å². The number of nitrogens with zero attached hydrogens (tertiary/aromatic N) is 4. The summed E-state index contributed by atoms with van der Waals surface area (Å²) in [6.45, 7) is 14.6. The molecule has 8 nitrogen and oxygen atoms in total. The number of carbonyl (C=O) groups is 1. The van der Waals surface area contributed by atoms with Crippen molar-refractivity contribution >= 4 is 17.6 Å². The third-order valence-corrected chi connectivity index (χ3v) is 4.79. The topological polar surface area (TPSA) is 68.5 Å². The molecule has 1 saturated heterocycles. The van der Waals surface area contributed by atoms with Crippen LogP contribution in [0, 0.1) is 12.4 Å². The van der Waals surface area contributed by atoms with Gasteiger partial charge in [0, 0.05) is 43.9 Å². The lowest BCUT2D eigenvalue weighted by atomic mass is 10.2. The third kappa shape index (κ3) is 6.00. The van der Waals surface area contributed by atoms with Crippen molar-refractivity contribution in [2.45, 2.75) is 33.0 Å². The van der Waals surface area contributed by atoms with Gasteiger partial charge in [0.1, 0.15) is 29.6 Å². The number of halogens is 1. The van der Waals surface area contributed by atoms with E-state index in [2.05, 4.69) is 9.83 Å². The van der Waals surface area contributed by atoms with Gasteiger partial charge in [-0.3, -0.25) is 0 Å². The molecule has 0 radical (unpaired) electrons. The Labute approximate surface area is 187 Å². The fraction of sp³-hybridized carbons (Fsp3) is 0.435. The van der Waals surface area contributed by atoms with E-state index in [0.717, 1.165) is 0 Å². The summed E-state index contributed by atoms with van der Waals surface area (Å²) >= 11 is 0. The van der Waals surface area contributed by atoms with Crippen LogP contribution in [0.4, 0.5) is 20.7 Å². The minimum Gasteiger partial charge on any atom is -0.496 e. The highest BCUT2D eigenvalue weighted by Gasteiger charge is 2.26. The van der Waals surface area contributed by atoms with E-state index in [0.29, 0.717) is 49.2 Å². The number of hydrogen-bond acceptors (Lipinski definition) is 6. The van der Waals surface area contributed by atoms with Crippen LogP contribution in [-0.4, -0.2) is 54.9 Å². The maximum atomic E-state index is 14.1. The van der Waals surface area contributed by atoms with Crippen molar-refractivity contribution in [1.82, 2.24) is 9.88 Å². The minimum atomic E-state index is -0.537. The molecule has 9 heteroatoms. The molecule has 1 aliphatic rings. The van der Waals surface area contributed by atoms with E-state index < -0.39 is 11.4 Å². The summed E-state index contributed by atoms with van der Waals surface area (Å²) in [6, 6.07) is 7.68. The summed E-state index contributed by atoms with van der Waals surface area (Å²) < 4.78 is 30.7. The largest absolute Gasteiger partial charge is 0.496 e. The standard InChI is InChI=1S/C23H27FN4O4/c1-23(2,3)32-22(29)28-10-8-27(9-11-28)20-13-18(30-5)14-21(26-20)31-15-16-6-7-17(25-4)12-19(16)24/h6-7,12-14H,8-11,15H2,1-3,5H3. The second-order valence-electron chi connectivity index (χ2n) is 8.33. The zero-order chi connectivity index (χ0) is 23.3. The lowest BCUT2D eigenvalue weighted by Gasteiger charge is -2.36. The molecule has 1 aliphatic heterocycles. The van der Waals surface area contributed by atoms with Gasteiger partial charge in [0.2, 0.25) is 5.88 Å². The van der Waals surface area contributed by atoms with E-state index in [1.807, 2.05) is 25.7 Å².